The molecule has 1 aliphatic rings. The molecule has 0 bridgehead atoms. The summed E-state index contributed by atoms with van der Waals surface area (Å²) >= 11 is 1.27. The molecule has 3 aromatic heterocycles. The van der Waals surface area contributed by atoms with Crippen LogP contribution in [0.5, 0.6) is 5.75 Å². The van der Waals surface area contributed by atoms with Crippen molar-refractivity contribution in [2.75, 3.05) is 7.11 Å². The van der Waals surface area contributed by atoms with E-state index in [1.807, 2.05) is 84.4 Å². The maximum absolute atomic E-state index is 14.4. The number of para-hydroxylation sites is 1. The van der Waals surface area contributed by atoms with Crippen LogP contribution in [-0.4, -0.2) is 27.9 Å². The van der Waals surface area contributed by atoms with Gasteiger partial charge in [0, 0.05) is 39.5 Å². The number of benzene rings is 3. The van der Waals surface area contributed by atoms with E-state index in [0.29, 0.717) is 38.7 Å². The Balaban J connectivity index is 1.36. The number of furan rings is 1. The first kappa shape index (κ1) is 29.2. The fourth-order valence-corrected chi connectivity index (χ4v) is 7.29. The molecule has 0 unspecified atom stereocenters. The summed E-state index contributed by atoms with van der Waals surface area (Å²) in [5.41, 5.74) is 3.15. The number of nitrogens with one attached hydrogen (secondary N) is 1. The van der Waals surface area contributed by atoms with Gasteiger partial charge in [-0.3, -0.25) is 19.0 Å². The fraction of sp³-hybridized carbons (Fsp3) is 0.167. The smallest absolute Gasteiger partial charge is 0.271 e. The molecule has 1 N–H and O–H groups in total. The first-order valence-corrected chi connectivity index (χ1v) is 15.6. The summed E-state index contributed by atoms with van der Waals surface area (Å²) < 4.78 is 15.1. The van der Waals surface area contributed by atoms with Gasteiger partial charge in [-0.25, -0.2) is 4.99 Å². The quantitative estimate of drug-likeness (QED) is 0.259. The number of rotatable bonds is 8. The molecule has 9 nitrogen and oxygen atoms in total. The third kappa shape index (κ3) is 5.06. The number of Topliss-reactive ketones (excluding diaryl/α,β-unsaturated/α-hetero) is 1. The molecular weight excluding hydrogens is 600 g/mol. The number of thiazole rings is 1. The van der Waals surface area contributed by atoms with Crippen LogP contribution in [0, 0.1) is 0 Å². The molecule has 0 saturated carbocycles. The molecule has 0 fully saturated rings. The van der Waals surface area contributed by atoms with E-state index in [1.165, 1.54) is 18.3 Å². The molecule has 0 aliphatic carbocycles. The Morgan fingerprint density at radius 1 is 1.04 bits per heavy atom. The van der Waals surface area contributed by atoms with Crippen LogP contribution in [0.25, 0.3) is 27.8 Å². The lowest BCUT2D eigenvalue weighted by Gasteiger charge is -2.27. The summed E-state index contributed by atoms with van der Waals surface area (Å²) in [7, 11) is 1.59. The molecule has 1 amide bonds. The zero-order chi connectivity index (χ0) is 31.9. The highest BCUT2D eigenvalue weighted by Gasteiger charge is 2.34. The second-order valence-electron chi connectivity index (χ2n) is 11.1. The van der Waals surface area contributed by atoms with Crippen molar-refractivity contribution in [1.82, 2.24) is 14.5 Å². The first-order chi connectivity index (χ1) is 22.3. The van der Waals surface area contributed by atoms with Crippen LogP contribution < -0.4 is 24.9 Å². The lowest BCUT2D eigenvalue weighted by Crippen LogP contribution is -2.39. The van der Waals surface area contributed by atoms with Gasteiger partial charge in [0.05, 0.1) is 30.5 Å². The zero-order valence-corrected chi connectivity index (χ0v) is 26.3. The van der Waals surface area contributed by atoms with Crippen molar-refractivity contribution in [3.05, 3.63) is 133 Å². The minimum absolute atomic E-state index is 0.0956. The summed E-state index contributed by atoms with van der Waals surface area (Å²) in [6.07, 6.45) is 5.29. The summed E-state index contributed by atoms with van der Waals surface area (Å²) in [4.78, 5) is 45.6. The van der Waals surface area contributed by atoms with Gasteiger partial charge in [0.15, 0.2) is 10.6 Å². The van der Waals surface area contributed by atoms with Gasteiger partial charge in [-0.05, 0) is 55.0 Å². The minimum Gasteiger partial charge on any atom is -0.496 e. The number of nitrogens with zero attached hydrogens (tertiary/aromatic N) is 3. The predicted octanol–water partition coefficient (Wildman–Crippen LogP) is 4.85. The zero-order valence-electron chi connectivity index (χ0n) is 25.4. The Kier molecular flexibility index (Phi) is 7.50. The Hall–Kier alpha value is -5.48. The van der Waals surface area contributed by atoms with E-state index in [1.54, 1.807) is 30.1 Å². The Bertz CT molecular complexity index is 2380. The number of carbonyl (C=O) groups excluding carboxylic acids is 2. The first-order valence-electron chi connectivity index (χ1n) is 14.8. The summed E-state index contributed by atoms with van der Waals surface area (Å²) in [6.45, 7) is 3.71. The molecular formula is C36H30N4O5S. The highest BCUT2D eigenvalue weighted by atomic mass is 32.1. The van der Waals surface area contributed by atoms with Gasteiger partial charge < -0.3 is 19.0 Å². The number of ether oxygens (including phenoxy) is 1. The maximum atomic E-state index is 14.4. The number of carbonyl (C=O) groups is 2. The standard InChI is InChI=1S/C36H30N4O5S/c1-21-32(22(2)41)34(33-27-12-5-4-9-23(27)14-15-29(33)44-3)40-35(43)30(46-36(40)38-21)17-24-19-39(28-13-7-6-11-26(24)28)20-31(42)37-18-25-10-8-16-45-25/h4-17,19,34H,18,20H2,1-3H3,(H,37,42)/t34-/m0/s1. The fourth-order valence-electron chi connectivity index (χ4n) is 6.25. The number of hydrogen-bond acceptors (Lipinski definition) is 7. The molecule has 46 heavy (non-hydrogen) atoms. The largest absolute Gasteiger partial charge is 0.496 e. The molecule has 230 valence electrons. The third-order valence-electron chi connectivity index (χ3n) is 8.28. The van der Waals surface area contributed by atoms with Crippen LogP contribution in [0.3, 0.4) is 0 Å². The Labute approximate surface area is 267 Å². The van der Waals surface area contributed by atoms with Gasteiger partial charge >= 0.3 is 0 Å². The second kappa shape index (κ2) is 11.8. The van der Waals surface area contributed by atoms with Gasteiger partial charge in [0.25, 0.3) is 5.56 Å². The summed E-state index contributed by atoms with van der Waals surface area (Å²) in [6, 6.07) is 22.3. The van der Waals surface area contributed by atoms with Crippen molar-refractivity contribution in [2.24, 2.45) is 4.99 Å². The molecule has 4 heterocycles. The number of hydrogen-bond donors (Lipinski definition) is 1. The molecule has 7 rings (SSSR count). The molecule has 0 spiro atoms. The van der Waals surface area contributed by atoms with Gasteiger partial charge in [-0.2, -0.15) is 0 Å². The van der Waals surface area contributed by atoms with Crippen molar-refractivity contribution < 1.29 is 18.7 Å². The lowest BCUT2D eigenvalue weighted by molar-refractivity contribution is -0.121. The van der Waals surface area contributed by atoms with E-state index in [2.05, 4.69) is 5.32 Å². The van der Waals surface area contributed by atoms with Crippen molar-refractivity contribution in [2.45, 2.75) is 33.0 Å². The average molecular weight is 631 g/mol. The SMILES string of the molecule is COc1ccc2ccccc2c1[C@@H]1C(C(C)=O)=C(C)N=c2sc(=Cc3cn(CC(=O)NCc4ccco4)c4ccccc34)c(=O)n21. The number of aromatic nitrogens is 2. The Morgan fingerprint density at radius 2 is 1.83 bits per heavy atom. The van der Waals surface area contributed by atoms with Crippen molar-refractivity contribution >= 4 is 50.8 Å². The van der Waals surface area contributed by atoms with Crippen molar-refractivity contribution in [1.29, 1.82) is 0 Å². The summed E-state index contributed by atoms with van der Waals surface area (Å²) in [5.74, 6) is 0.924. The van der Waals surface area contributed by atoms with Crippen LogP contribution in [0.1, 0.15) is 36.8 Å². The van der Waals surface area contributed by atoms with E-state index >= 15 is 0 Å². The molecule has 10 heteroatoms. The van der Waals surface area contributed by atoms with Gasteiger partial charge in [-0.15, -0.1) is 0 Å². The van der Waals surface area contributed by atoms with E-state index in [4.69, 9.17) is 14.1 Å². The monoisotopic (exact) mass is 630 g/mol. The topological polar surface area (TPSA) is 108 Å². The predicted molar refractivity (Wildman–Crippen MR) is 177 cm³/mol. The van der Waals surface area contributed by atoms with Gasteiger partial charge in [-0.1, -0.05) is 59.9 Å². The maximum Gasteiger partial charge on any atom is 0.271 e. The summed E-state index contributed by atoms with van der Waals surface area (Å²) in [5, 5.41) is 5.66. The number of amides is 1. The van der Waals surface area contributed by atoms with Crippen LogP contribution in [0.4, 0.5) is 0 Å². The molecule has 0 radical (unpaired) electrons. The number of ketones is 1. The highest BCUT2D eigenvalue weighted by molar-refractivity contribution is 7.07. The molecule has 0 saturated heterocycles. The number of fused-ring (bicyclic) bond motifs is 3. The van der Waals surface area contributed by atoms with Crippen LogP contribution in [-0.2, 0) is 22.7 Å². The average Bonchev–Trinajstić information content (AvgIpc) is 3.77. The van der Waals surface area contributed by atoms with E-state index in [-0.39, 0.29) is 23.8 Å². The molecule has 6 aromatic rings. The highest BCUT2D eigenvalue weighted by Crippen LogP contribution is 2.40. The van der Waals surface area contributed by atoms with E-state index < -0.39 is 6.04 Å². The van der Waals surface area contributed by atoms with Gasteiger partial charge in [0.1, 0.15) is 18.1 Å². The third-order valence-corrected chi connectivity index (χ3v) is 9.27. The number of allylic oxidation sites excluding steroid dienone is 2. The minimum atomic E-state index is -0.726. The molecule has 1 atom stereocenters. The second-order valence-corrected chi connectivity index (χ2v) is 12.1. The molecule has 3 aromatic carbocycles. The molecule has 1 aliphatic heterocycles. The van der Waals surface area contributed by atoms with Crippen molar-refractivity contribution in [3.63, 3.8) is 0 Å². The normalized spacial score (nSPS) is 14.8. The van der Waals surface area contributed by atoms with Crippen LogP contribution in [0.2, 0.25) is 0 Å². The lowest BCUT2D eigenvalue weighted by atomic mass is 9.89. The van der Waals surface area contributed by atoms with E-state index in [9.17, 15) is 14.4 Å². The van der Waals surface area contributed by atoms with Crippen molar-refractivity contribution in [3.8, 4) is 5.75 Å². The van der Waals surface area contributed by atoms with Crippen LogP contribution in [0.15, 0.2) is 111 Å². The van der Waals surface area contributed by atoms with Gasteiger partial charge in [0.2, 0.25) is 5.91 Å². The van der Waals surface area contributed by atoms with E-state index in [0.717, 1.165) is 32.8 Å². The Morgan fingerprint density at radius 3 is 2.59 bits per heavy atom. The number of methoxy groups -OCH3 is 1. The van der Waals surface area contributed by atoms with Crippen LogP contribution >= 0.6 is 11.3 Å².